The number of halogens is 1. The molecule has 0 fully saturated rings. The number of nitrogens with zero attached hydrogens (tertiary/aromatic N) is 4. The van der Waals surface area contributed by atoms with Gasteiger partial charge in [0, 0.05) is 26.1 Å². The summed E-state index contributed by atoms with van der Waals surface area (Å²) in [5, 5.41) is 14.6. The standard InChI is InChI=1S/C16H24N6.HI/c1-3-15-21-20-13-22(15)11-10-18-16(17-4-2)19-12-14-8-6-5-7-9-14;/h5-9,13H,3-4,10-12H2,1-2H3,(H2,17,18,19);1H. The third-order valence-electron chi connectivity index (χ3n) is 3.26. The van der Waals surface area contributed by atoms with Crippen molar-refractivity contribution in [3.05, 3.63) is 48.0 Å². The van der Waals surface area contributed by atoms with Crippen LogP contribution in [0.4, 0.5) is 0 Å². The van der Waals surface area contributed by atoms with Crippen LogP contribution in [0.3, 0.4) is 0 Å². The topological polar surface area (TPSA) is 67.1 Å². The molecule has 6 nitrogen and oxygen atoms in total. The van der Waals surface area contributed by atoms with E-state index in [0.717, 1.165) is 37.8 Å². The van der Waals surface area contributed by atoms with E-state index in [2.05, 4.69) is 56.4 Å². The van der Waals surface area contributed by atoms with Gasteiger partial charge < -0.3 is 15.2 Å². The van der Waals surface area contributed by atoms with Gasteiger partial charge in [0.05, 0.1) is 6.54 Å². The van der Waals surface area contributed by atoms with Crippen LogP contribution in [0.1, 0.15) is 25.2 Å². The molecule has 1 heterocycles. The fourth-order valence-corrected chi connectivity index (χ4v) is 2.13. The lowest BCUT2D eigenvalue weighted by atomic mass is 10.2. The van der Waals surface area contributed by atoms with Crippen LogP contribution in [0.5, 0.6) is 0 Å². The molecule has 2 rings (SSSR count). The van der Waals surface area contributed by atoms with E-state index in [0.29, 0.717) is 6.54 Å². The van der Waals surface area contributed by atoms with Crippen molar-refractivity contribution >= 4 is 29.9 Å². The molecule has 126 valence electrons. The summed E-state index contributed by atoms with van der Waals surface area (Å²) in [5.41, 5.74) is 1.20. The van der Waals surface area contributed by atoms with Crippen LogP contribution in [-0.2, 0) is 19.5 Å². The largest absolute Gasteiger partial charge is 0.357 e. The lowest BCUT2D eigenvalue weighted by molar-refractivity contribution is 0.632. The molecule has 7 heteroatoms. The van der Waals surface area contributed by atoms with Crippen LogP contribution >= 0.6 is 24.0 Å². The molecular weight excluding hydrogens is 403 g/mol. The number of benzene rings is 1. The molecule has 0 aliphatic carbocycles. The molecule has 0 spiro atoms. The Morgan fingerprint density at radius 1 is 1.17 bits per heavy atom. The van der Waals surface area contributed by atoms with Gasteiger partial charge in [-0.15, -0.1) is 34.2 Å². The van der Waals surface area contributed by atoms with Crippen molar-refractivity contribution in [3.63, 3.8) is 0 Å². The van der Waals surface area contributed by atoms with Gasteiger partial charge in [0.15, 0.2) is 5.96 Å². The number of aryl methyl sites for hydroxylation is 1. The van der Waals surface area contributed by atoms with Crippen molar-refractivity contribution in [1.82, 2.24) is 25.4 Å². The number of nitrogens with one attached hydrogen (secondary N) is 2. The SMILES string of the molecule is CCNC(=NCc1ccccc1)NCCn1cnnc1CC.I. The van der Waals surface area contributed by atoms with Gasteiger partial charge in [0.25, 0.3) is 0 Å². The first-order valence-electron chi connectivity index (χ1n) is 7.76. The molecule has 0 unspecified atom stereocenters. The van der Waals surface area contributed by atoms with Crippen LogP contribution in [0.15, 0.2) is 41.7 Å². The van der Waals surface area contributed by atoms with E-state index in [9.17, 15) is 0 Å². The summed E-state index contributed by atoms with van der Waals surface area (Å²) in [5.74, 6) is 1.84. The van der Waals surface area contributed by atoms with Gasteiger partial charge in [-0.25, -0.2) is 4.99 Å². The highest BCUT2D eigenvalue weighted by molar-refractivity contribution is 14.0. The first-order chi connectivity index (χ1) is 10.8. The van der Waals surface area contributed by atoms with Gasteiger partial charge in [-0.2, -0.15) is 0 Å². The van der Waals surface area contributed by atoms with Gasteiger partial charge in [-0.3, -0.25) is 0 Å². The number of aliphatic imine (C=N–C) groups is 1. The molecule has 2 N–H and O–H groups in total. The van der Waals surface area contributed by atoms with Gasteiger partial charge in [0.1, 0.15) is 12.2 Å². The third-order valence-corrected chi connectivity index (χ3v) is 3.26. The summed E-state index contributed by atoms with van der Waals surface area (Å²) < 4.78 is 2.06. The molecule has 0 atom stereocenters. The van der Waals surface area contributed by atoms with Crippen LogP contribution in [-0.4, -0.2) is 33.8 Å². The molecule has 0 aliphatic rings. The summed E-state index contributed by atoms with van der Waals surface area (Å²) in [7, 11) is 0. The average Bonchev–Trinajstić information content (AvgIpc) is 3.01. The first-order valence-corrected chi connectivity index (χ1v) is 7.76. The monoisotopic (exact) mass is 428 g/mol. The van der Waals surface area contributed by atoms with Crippen LogP contribution in [0, 0.1) is 0 Å². The zero-order chi connectivity index (χ0) is 15.6. The second-order valence-corrected chi connectivity index (χ2v) is 4.90. The maximum absolute atomic E-state index is 4.60. The lowest BCUT2D eigenvalue weighted by Crippen LogP contribution is -2.38. The maximum Gasteiger partial charge on any atom is 0.191 e. The normalized spacial score (nSPS) is 11.0. The number of hydrogen-bond acceptors (Lipinski definition) is 3. The molecule has 1 aromatic carbocycles. The zero-order valence-corrected chi connectivity index (χ0v) is 16.0. The van der Waals surface area contributed by atoms with Crippen molar-refractivity contribution in [3.8, 4) is 0 Å². The second-order valence-electron chi connectivity index (χ2n) is 4.90. The van der Waals surface area contributed by atoms with Crippen molar-refractivity contribution in [1.29, 1.82) is 0 Å². The number of guanidine groups is 1. The molecule has 0 bridgehead atoms. The molecular formula is C16H25IN6. The summed E-state index contributed by atoms with van der Waals surface area (Å²) in [6, 6.07) is 10.2. The maximum atomic E-state index is 4.60. The van der Waals surface area contributed by atoms with Gasteiger partial charge in [0.2, 0.25) is 0 Å². The Morgan fingerprint density at radius 3 is 2.65 bits per heavy atom. The molecule has 0 saturated carbocycles. The zero-order valence-electron chi connectivity index (χ0n) is 13.7. The quantitative estimate of drug-likeness (QED) is 0.403. The molecule has 2 aromatic rings. The Morgan fingerprint density at radius 2 is 1.96 bits per heavy atom. The Labute approximate surface area is 154 Å². The molecule has 1 aromatic heterocycles. The Hall–Kier alpha value is -1.64. The lowest BCUT2D eigenvalue weighted by Gasteiger charge is -2.12. The Balaban J connectivity index is 0.00000264. The predicted molar refractivity (Wildman–Crippen MR) is 104 cm³/mol. The summed E-state index contributed by atoms with van der Waals surface area (Å²) >= 11 is 0. The summed E-state index contributed by atoms with van der Waals surface area (Å²) in [6.45, 7) is 7.27. The van der Waals surface area contributed by atoms with Crippen molar-refractivity contribution in [2.75, 3.05) is 13.1 Å². The van der Waals surface area contributed by atoms with Crippen LogP contribution in [0.2, 0.25) is 0 Å². The van der Waals surface area contributed by atoms with Gasteiger partial charge in [-0.1, -0.05) is 37.3 Å². The van der Waals surface area contributed by atoms with E-state index >= 15 is 0 Å². The number of hydrogen-bond donors (Lipinski definition) is 2. The average molecular weight is 428 g/mol. The van der Waals surface area contributed by atoms with Gasteiger partial charge >= 0.3 is 0 Å². The van der Waals surface area contributed by atoms with E-state index in [1.807, 2.05) is 18.2 Å². The van der Waals surface area contributed by atoms with E-state index in [4.69, 9.17) is 0 Å². The minimum absolute atomic E-state index is 0. The van der Waals surface area contributed by atoms with Crippen molar-refractivity contribution in [2.24, 2.45) is 4.99 Å². The molecule has 0 radical (unpaired) electrons. The Kier molecular flexibility index (Phi) is 9.27. The van der Waals surface area contributed by atoms with Crippen LogP contribution < -0.4 is 10.6 Å². The number of rotatable bonds is 7. The highest BCUT2D eigenvalue weighted by Gasteiger charge is 2.02. The fraction of sp³-hybridized carbons (Fsp3) is 0.438. The summed E-state index contributed by atoms with van der Waals surface area (Å²) in [4.78, 5) is 4.60. The smallest absolute Gasteiger partial charge is 0.191 e. The molecule has 0 saturated heterocycles. The van der Waals surface area contributed by atoms with E-state index in [1.54, 1.807) is 6.33 Å². The van der Waals surface area contributed by atoms with E-state index in [1.165, 1.54) is 5.56 Å². The third kappa shape index (κ3) is 6.55. The summed E-state index contributed by atoms with van der Waals surface area (Å²) in [6.07, 6.45) is 2.66. The highest BCUT2D eigenvalue weighted by Crippen LogP contribution is 2.00. The Bertz CT molecular complexity index is 581. The van der Waals surface area contributed by atoms with Gasteiger partial charge in [-0.05, 0) is 12.5 Å². The van der Waals surface area contributed by atoms with E-state index in [-0.39, 0.29) is 24.0 Å². The molecule has 23 heavy (non-hydrogen) atoms. The second kappa shape index (κ2) is 11.0. The first kappa shape index (κ1) is 19.4. The van der Waals surface area contributed by atoms with Crippen LogP contribution in [0.25, 0.3) is 0 Å². The minimum atomic E-state index is 0. The van der Waals surface area contributed by atoms with Crippen molar-refractivity contribution < 1.29 is 0 Å². The minimum Gasteiger partial charge on any atom is -0.357 e. The molecule has 0 aliphatic heterocycles. The predicted octanol–water partition coefficient (Wildman–Crippen LogP) is 2.21. The van der Waals surface area contributed by atoms with Crippen molar-refractivity contribution in [2.45, 2.75) is 33.4 Å². The number of aromatic nitrogens is 3. The highest BCUT2D eigenvalue weighted by atomic mass is 127. The molecule has 0 amide bonds. The fourth-order valence-electron chi connectivity index (χ4n) is 2.13. The van der Waals surface area contributed by atoms with E-state index < -0.39 is 0 Å².